The molecular formula is C30H34Br2ClN5O3. The van der Waals surface area contributed by atoms with Gasteiger partial charge in [0.2, 0.25) is 11.8 Å². The molecule has 0 spiro atoms. The molecule has 1 aromatic carbocycles. The van der Waals surface area contributed by atoms with Crippen LogP contribution < -0.4 is 16.0 Å². The van der Waals surface area contributed by atoms with Crippen molar-refractivity contribution in [3.8, 4) is 0 Å². The van der Waals surface area contributed by atoms with E-state index in [9.17, 15) is 14.4 Å². The van der Waals surface area contributed by atoms with Crippen molar-refractivity contribution in [1.29, 1.82) is 0 Å². The molecule has 2 aromatic rings. The van der Waals surface area contributed by atoms with E-state index in [0.29, 0.717) is 12.5 Å². The lowest BCUT2D eigenvalue weighted by molar-refractivity contribution is -0.138. The molecule has 6 rings (SSSR count). The van der Waals surface area contributed by atoms with Crippen molar-refractivity contribution in [1.82, 2.24) is 25.8 Å². The molecule has 0 unspecified atom stereocenters. The summed E-state index contributed by atoms with van der Waals surface area (Å²) in [6, 6.07) is 5.52. The van der Waals surface area contributed by atoms with Crippen LogP contribution in [0.4, 0.5) is 4.79 Å². The molecule has 0 radical (unpaired) electrons. The molecule has 218 valence electrons. The summed E-state index contributed by atoms with van der Waals surface area (Å²) < 4.78 is 2.03. The van der Waals surface area contributed by atoms with Gasteiger partial charge in [-0.25, -0.2) is 4.79 Å². The summed E-state index contributed by atoms with van der Waals surface area (Å²) in [5.74, 6) is 0.618. The van der Waals surface area contributed by atoms with E-state index in [1.807, 2.05) is 12.3 Å². The minimum absolute atomic E-state index is 0.00203. The molecule has 2 aliphatic carbocycles. The number of hydrogen-bond acceptors (Lipinski definition) is 4. The third-order valence-electron chi connectivity index (χ3n) is 9.25. The van der Waals surface area contributed by atoms with Crippen LogP contribution in [0.2, 0.25) is 5.02 Å². The summed E-state index contributed by atoms with van der Waals surface area (Å²) in [6.45, 7) is 1.81. The molecule has 3 heterocycles. The fraction of sp³-hybridized carbons (Fsp3) is 0.533. The van der Waals surface area contributed by atoms with Crippen molar-refractivity contribution in [3.05, 3.63) is 60.7 Å². The predicted molar refractivity (Wildman–Crippen MR) is 164 cm³/mol. The van der Waals surface area contributed by atoms with Crippen molar-refractivity contribution in [3.63, 3.8) is 0 Å². The first kappa shape index (κ1) is 28.9. The van der Waals surface area contributed by atoms with Gasteiger partial charge in [0.15, 0.2) is 0 Å². The zero-order valence-corrected chi connectivity index (χ0v) is 26.7. The number of aromatic nitrogens is 1. The average molecular weight is 708 g/mol. The summed E-state index contributed by atoms with van der Waals surface area (Å²) in [5, 5.41) is 9.04. The maximum absolute atomic E-state index is 13.5. The van der Waals surface area contributed by atoms with E-state index < -0.39 is 6.04 Å². The molecule has 1 saturated carbocycles. The first-order chi connectivity index (χ1) is 19.8. The van der Waals surface area contributed by atoms with E-state index in [2.05, 4.69) is 64.8 Å². The Kier molecular flexibility index (Phi) is 8.61. The van der Waals surface area contributed by atoms with E-state index >= 15 is 0 Å². The van der Waals surface area contributed by atoms with Crippen LogP contribution in [0.1, 0.15) is 66.8 Å². The minimum Gasteiger partial charge on any atom is -0.352 e. The maximum Gasteiger partial charge on any atom is 0.315 e. The minimum atomic E-state index is -0.523. The summed E-state index contributed by atoms with van der Waals surface area (Å²) in [5.41, 5.74) is 4.99. The fourth-order valence-corrected chi connectivity index (χ4v) is 8.64. The summed E-state index contributed by atoms with van der Waals surface area (Å²) in [7, 11) is 0. The fourth-order valence-electron chi connectivity index (χ4n) is 7.14. The van der Waals surface area contributed by atoms with Crippen molar-refractivity contribution in [2.45, 2.75) is 69.4 Å². The van der Waals surface area contributed by atoms with E-state index in [-0.39, 0.29) is 35.7 Å². The van der Waals surface area contributed by atoms with Crippen LogP contribution >= 0.6 is 43.5 Å². The molecule has 4 aliphatic rings. The van der Waals surface area contributed by atoms with E-state index in [4.69, 9.17) is 16.6 Å². The van der Waals surface area contributed by atoms with Crippen LogP contribution in [0.3, 0.4) is 0 Å². The van der Waals surface area contributed by atoms with Gasteiger partial charge in [0.25, 0.3) is 0 Å². The number of benzene rings is 1. The van der Waals surface area contributed by atoms with Crippen LogP contribution in [0.25, 0.3) is 0 Å². The van der Waals surface area contributed by atoms with E-state index in [0.717, 1.165) is 84.1 Å². The Labute approximate surface area is 262 Å². The molecule has 2 atom stereocenters. The van der Waals surface area contributed by atoms with Crippen molar-refractivity contribution >= 4 is 61.3 Å². The average Bonchev–Trinajstić information content (AvgIpc) is 3.33. The van der Waals surface area contributed by atoms with Crippen LogP contribution in [-0.2, 0) is 22.4 Å². The lowest BCUT2D eigenvalue weighted by Gasteiger charge is -2.39. The zero-order chi connectivity index (χ0) is 28.7. The molecule has 41 heavy (non-hydrogen) atoms. The van der Waals surface area contributed by atoms with Crippen molar-refractivity contribution < 1.29 is 14.4 Å². The second-order valence-corrected chi connectivity index (χ2v) is 14.0. The number of rotatable bonds is 4. The van der Waals surface area contributed by atoms with E-state index in [1.165, 1.54) is 16.7 Å². The molecule has 2 saturated heterocycles. The third-order valence-corrected chi connectivity index (χ3v) is 10.6. The molecule has 8 nitrogen and oxygen atoms in total. The van der Waals surface area contributed by atoms with Crippen LogP contribution in [-0.4, -0.2) is 59.4 Å². The highest BCUT2D eigenvalue weighted by atomic mass is 79.9. The van der Waals surface area contributed by atoms with Gasteiger partial charge in [-0.1, -0.05) is 27.5 Å². The number of hydrogen-bond donors (Lipinski definition) is 3. The highest BCUT2D eigenvalue weighted by Gasteiger charge is 2.38. The molecule has 3 fully saturated rings. The van der Waals surface area contributed by atoms with Crippen molar-refractivity contribution in [2.24, 2.45) is 11.8 Å². The number of likely N-dealkylation sites (tertiary alicyclic amines) is 1. The highest BCUT2D eigenvalue weighted by Crippen LogP contribution is 2.46. The first-order valence-electron chi connectivity index (χ1n) is 14.5. The summed E-state index contributed by atoms with van der Waals surface area (Å²) >= 11 is 13.9. The number of fused-ring (bicyclic) bond motifs is 2. The number of halogens is 3. The Balaban J connectivity index is 1.09. The van der Waals surface area contributed by atoms with Gasteiger partial charge in [0, 0.05) is 57.7 Å². The predicted octanol–water partition coefficient (Wildman–Crippen LogP) is 5.09. The largest absolute Gasteiger partial charge is 0.352 e. The molecule has 11 heteroatoms. The van der Waals surface area contributed by atoms with E-state index in [1.54, 1.807) is 0 Å². The Morgan fingerprint density at radius 3 is 2.44 bits per heavy atom. The zero-order valence-electron chi connectivity index (χ0n) is 22.7. The topological polar surface area (TPSA) is 103 Å². The molecule has 4 amide bonds. The first-order valence-corrected chi connectivity index (χ1v) is 16.5. The van der Waals surface area contributed by atoms with Gasteiger partial charge in [-0.2, -0.15) is 0 Å². The quantitative estimate of drug-likeness (QED) is 0.413. The number of urea groups is 1. The number of nitrogens with zero attached hydrogens (tertiary/aromatic N) is 2. The smallest absolute Gasteiger partial charge is 0.315 e. The monoisotopic (exact) mass is 705 g/mol. The number of amides is 4. The Bertz CT molecular complexity index is 1360. The molecule has 3 N–H and O–H groups in total. The Hall–Kier alpha value is -2.17. The number of carbonyl (C=O) groups is 3. The van der Waals surface area contributed by atoms with Gasteiger partial charge in [0.1, 0.15) is 6.04 Å². The highest BCUT2D eigenvalue weighted by molar-refractivity contribution is 9.10. The second kappa shape index (κ2) is 12.2. The Morgan fingerprint density at radius 1 is 1.00 bits per heavy atom. The molecule has 2 aliphatic heterocycles. The van der Waals surface area contributed by atoms with Gasteiger partial charge >= 0.3 is 6.03 Å². The number of pyridine rings is 1. The number of piperidine rings is 1. The standard InChI is InChI=1S/C30H34Br2ClN5O3/c31-20-11-19-2-1-18-12-21(33)13-23(32)25(18)26(27(19)34-14-20)16-7-9-38(10-8-16)29(40)17-3-5-22(6-4-17)36-28(39)24-15-35-30(41)37-24/h11-14,16-17,22,24,26H,1-10,15H2,(H,36,39)(H2,35,37,41)/t17?,22?,24-,26+/m0/s1. The van der Waals surface area contributed by atoms with Crippen molar-refractivity contribution in [2.75, 3.05) is 19.6 Å². The molecule has 0 bridgehead atoms. The third kappa shape index (κ3) is 6.15. The molecule has 1 aromatic heterocycles. The SMILES string of the molecule is O=C1NC[C@@H](C(=O)NC2CCC(C(=O)N3CCC([C@H]4c5ncc(Br)cc5CCc5cc(Cl)cc(Br)c54)CC3)CC2)N1. The van der Waals surface area contributed by atoms with Gasteiger partial charge < -0.3 is 20.9 Å². The lowest BCUT2D eigenvalue weighted by Crippen LogP contribution is -2.49. The number of nitrogens with one attached hydrogen (secondary N) is 3. The van der Waals surface area contributed by atoms with Gasteiger partial charge in [-0.05, 0) is 108 Å². The maximum atomic E-state index is 13.5. The second-order valence-electron chi connectivity index (χ2n) is 11.8. The summed E-state index contributed by atoms with van der Waals surface area (Å²) in [4.78, 5) is 44.3. The molecular weight excluding hydrogens is 674 g/mol. The number of aryl methyl sites for hydroxylation is 2. The summed E-state index contributed by atoms with van der Waals surface area (Å²) in [6.07, 6.45) is 8.69. The normalized spacial score (nSPS) is 26.3. The van der Waals surface area contributed by atoms with Crippen LogP contribution in [0, 0.1) is 11.8 Å². The Morgan fingerprint density at radius 2 is 1.73 bits per heavy atom. The lowest BCUT2D eigenvalue weighted by atomic mass is 9.76. The van der Waals surface area contributed by atoms with Gasteiger partial charge in [-0.3, -0.25) is 14.6 Å². The number of carbonyl (C=O) groups excluding carboxylic acids is 3. The van der Waals surface area contributed by atoms with Gasteiger partial charge in [0.05, 0.1) is 5.69 Å². The van der Waals surface area contributed by atoms with Gasteiger partial charge in [-0.15, -0.1) is 0 Å². The van der Waals surface area contributed by atoms with Crippen LogP contribution in [0.15, 0.2) is 33.3 Å². The van der Waals surface area contributed by atoms with Crippen LogP contribution in [0.5, 0.6) is 0 Å².